The second-order valence-electron chi connectivity index (χ2n) is 8.90. The van der Waals surface area contributed by atoms with Crippen LogP contribution >= 0.6 is 0 Å². The lowest BCUT2D eigenvalue weighted by molar-refractivity contribution is -0.133. The van der Waals surface area contributed by atoms with Gasteiger partial charge in [0.05, 0.1) is 0 Å². The SMILES string of the molecule is C[C@H](Nc1nnc(C2CC(C3CC3)C2)o1)C(=O)N1CCC2(CC1)CC2. The Kier molecular flexibility index (Phi) is 3.57. The number of piperidine rings is 1. The predicted molar refractivity (Wildman–Crippen MR) is 93.1 cm³/mol. The molecule has 1 N–H and O–H groups in total. The van der Waals surface area contributed by atoms with Crippen molar-refractivity contribution in [2.24, 2.45) is 17.3 Å². The quantitative estimate of drug-likeness (QED) is 0.888. The van der Waals surface area contributed by atoms with Crippen LogP contribution in [0.15, 0.2) is 4.42 Å². The molecular formula is C19H28N4O2. The second-order valence-corrected chi connectivity index (χ2v) is 8.90. The highest BCUT2D eigenvalue weighted by Gasteiger charge is 2.45. The first-order valence-electron chi connectivity index (χ1n) is 10.0. The molecule has 0 aromatic carbocycles. The first-order valence-corrected chi connectivity index (χ1v) is 10.0. The maximum absolute atomic E-state index is 12.6. The van der Waals surface area contributed by atoms with E-state index in [2.05, 4.69) is 15.5 Å². The minimum absolute atomic E-state index is 0.146. The van der Waals surface area contributed by atoms with Gasteiger partial charge in [-0.2, -0.15) is 0 Å². The molecule has 1 aromatic rings. The van der Waals surface area contributed by atoms with Crippen LogP contribution in [0.25, 0.3) is 0 Å². The van der Waals surface area contributed by atoms with Crippen LogP contribution in [0.5, 0.6) is 0 Å². The Hall–Kier alpha value is -1.59. The van der Waals surface area contributed by atoms with Gasteiger partial charge in [0.25, 0.3) is 0 Å². The maximum atomic E-state index is 12.6. The molecule has 6 heteroatoms. The summed E-state index contributed by atoms with van der Waals surface area (Å²) in [5.74, 6) is 3.16. The van der Waals surface area contributed by atoms with Crippen molar-refractivity contribution in [1.82, 2.24) is 15.1 Å². The van der Waals surface area contributed by atoms with Crippen LogP contribution in [0.1, 0.15) is 70.1 Å². The minimum Gasteiger partial charge on any atom is -0.408 e. The molecule has 6 nitrogen and oxygen atoms in total. The molecule has 0 radical (unpaired) electrons. The molecule has 1 saturated heterocycles. The number of nitrogens with one attached hydrogen (secondary N) is 1. The molecule has 1 aromatic heterocycles. The number of anilines is 1. The van der Waals surface area contributed by atoms with Crippen molar-refractivity contribution < 1.29 is 9.21 Å². The van der Waals surface area contributed by atoms with E-state index in [0.29, 0.717) is 17.3 Å². The summed E-state index contributed by atoms with van der Waals surface area (Å²) < 4.78 is 5.78. The van der Waals surface area contributed by atoms with Crippen LogP contribution < -0.4 is 5.32 Å². The van der Waals surface area contributed by atoms with Gasteiger partial charge in [-0.25, -0.2) is 0 Å². The van der Waals surface area contributed by atoms with E-state index in [1.807, 2.05) is 11.8 Å². The fourth-order valence-electron chi connectivity index (χ4n) is 4.67. The van der Waals surface area contributed by atoms with Gasteiger partial charge in [0.2, 0.25) is 11.8 Å². The number of rotatable bonds is 5. The maximum Gasteiger partial charge on any atom is 0.316 e. The van der Waals surface area contributed by atoms with E-state index in [4.69, 9.17) is 4.42 Å². The lowest BCUT2D eigenvalue weighted by Crippen LogP contribution is -2.45. The van der Waals surface area contributed by atoms with Crippen molar-refractivity contribution >= 4 is 11.9 Å². The Bertz CT molecular complexity index is 648. The summed E-state index contributed by atoms with van der Waals surface area (Å²) >= 11 is 0. The van der Waals surface area contributed by atoms with E-state index >= 15 is 0 Å². The van der Waals surface area contributed by atoms with Gasteiger partial charge < -0.3 is 14.6 Å². The van der Waals surface area contributed by atoms with Gasteiger partial charge in [0.1, 0.15) is 6.04 Å². The molecule has 0 bridgehead atoms. The number of aromatic nitrogens is 2. The van der Waals surface area contributed by atoms with Gasteiger partial charge in [-0.3, -0.25) is 4.79 Å². The fraction of sp³-hybridized carbons (Fsp3) is 0.842. The fourth-order valence-corrected chi connectivity index (χ4v) is 4.67. The Morgan fingerprint density at radius 3 is 2.52 bits per heavy atom. The lowest BCUT2D eigenvalue weighted by Gasteiger charge is -2.33. The number of likely N-dealkylation sites (tertiary alicyclic amines) is 1. The van der Waals surface area contributed by atoms with Crippen LogP contribution in [-0.2, 0) is 4.79 Å². The summed E-state index contributed by atoms with van der Waals surface area (Å²) in [5.41, 5.74) is 0.593. The average molecular weight is 344 g/mol. The molecule has 1 aliphatic heterocycles. The van der Waals surface area contributed by atoms with Crippen LogP contribution in [0.2, 0.25) is 0 Å². The Labute approximate surface area is 148 Å². The van der Waals surface area contributed by atoms with Gasteiger partial charge in [0.15, 0.2) is 0 Å². The highest BCUT2D eigenvalue weighted by atomic mass is 16.4. The Morgan fingerprint density at radius 2 is 1.88 bits per heavy atom. The van der Waals surface area contributed by atoms with Gasteiger partial charge in [0, 0.05) is 19.0 Å². The van der Waals surface area contributed by atoms with Crippen molar-refractivity contribution in [2.75, 3.05) is 18.4 Å². The van der Waals surface area contributed by atoms with Crippen LogP contribution in [0, 0.1) is 17.3 Å². The molecule has 1 spiro atoms. The number of amides is 1. The normalized spacial score (nSPS) is 31.5. The highest BCUT2D eigenvalue weighted by molar-refractivity contribution is 5.83. The predicted octanol–water partition coefficient (Wildman–Crippen LogP) is 3.18. The standard InChI is InChI=1S/C19H28N4O2/c1-12(17(24)23-8-6-19(4-5-19)7-9-23)20-18-22-21-16(25-18)15-10-14(11-15)13-2-3-13/h12-15H,2-11H2,1H3,(H,20,22)/t12-,14?,15?/m0/s1. The number of carbonyl (C=O) groups excluding carboxylic acids is 1. The molecule has 2 heterocycles. The number of carbonyl (C=O) groups is 1. The third-order valence-corrected chi connectivity index (χ3v) is 7.06. The molecule has 0 unspecified atom stereocenters. The number of hydrogen-bond acceptors (Lipinski definition) is 5. The Morgan fingerprint density at radius 1 is 1.16 bits per heavy atom. The molecule has 4 fully saturated rings. The molecule has 136 valence electrons. The molecule has 5 rings (SSSR count). The molecule has 4 aliphatic rings. The first kappa shape index (κ1) is 15.6. The van der Waals surface area contributed by atoms with Gasteiger partial charge in [-0.1, -0.05) is 5.10 Å². The van der Waals surface area contributed by atoms with E-state index in [1.165, 1.54) is 51.4 Å². The minimum atomic E-state index is -0.317. The van der Waals surface area contributed by atoms with Crippen LogP contribution in [-0.4, -0.2) is 40.1 Å². The van der Waals surface area contributed by atoms with E-state index in [9.17, 15) is 4.79 Å². The lowest BCUT2D eigenvalue weighted by atomic mass is 9.72. The summed E-state index contributed by atoms with van der Waals surface area (Å²) in [4.78, 5) is 14.6. The third-order valence-electron chi connectivity index (χ3n) is 7.06. The zero-order valence-corrected chi connectivity index (χ0v) is 15.0. The summed E-state index contributed by atoms with van der Waals surface area (Å²) in [6.45, 7) is 3.68. The molecule has 3 aliphatic carbocycles. The molecule has 1 atom stereocenters. The van der Waals surface area contributed by atoms with Crippen molar-refractivity contribution in [1.29, 1.82) is 0 Å². The summed E-state index contributed by atoms with van der Waals surface area (Å²) in [5, 5.41) is 11.4. The van der Waals surface area contributed by atoms with Gasteiger partial charge in [-0.15, -0.1) is 5.10 Å². The summed E-state index contributed by atoms with van der Waals surface area (Å²) in [6, 6.07) is 0.0727. The zero-order chi connectivity index (χ0) is 17.0. The Balaban J connectivity index is 1.13. The van der Waals surface area contributed by atoms with Crippen LogP contribution in [0.3, 0.4) is 0 Å². The van der Waals surface area contributed by atoms with E-state index in [0.717, 1.165) is 30.8 Å². The second kappa shape index (κ2) is 5.71. The van der Waals surface area contributed by atoms with E-state index < -0.39 is 0 Å². The van der Waals surface area contributed by atoms with E-state index in [1.54, 1.807) is 0 Å². The third kappa shape index (κ3) is 3.04. The van der Waals surface area contributed by atoms with E-state index in [-0.39, 0.29) is 11.9 Å². The molecule has 3 saturated carbocycles. The van der Waals surface area contributed by atoms with Gasteiger partial charge in [-0.05, 0) is 75.5 Å². The summed E-state index contributed by atoms with van der Waals surface area (Å²) in [7, 11) is 0. The van der Waals surface area contributed by atoms with Gasteiger partial charge >= 0.3 is 6.01 Å². The first-order chi connectivity index (χ1) is 12.1. The molecule has 1 amide bonds. The zero-order valence-electron chi connectivity index (χ0n) is 15.0. The van der Waals surface area contributed by atoms with Crippen molar-refractivity contribution in [3.8, 4) is 0 Å². The van der Waals surface area contributed by atoms with Crippen molar-refractivity contribution in [3.63, 3.8) is 0 Å². The molecular weight excluding hydrogens is 316 g/mol. The van der Waals surface area contributed by atoms with Crippen molar-refractivity contribution in [3.05, 3.63) is 5.89 Å². The van der Waals surface area contributed by atoms with Crippen molar-refractivity contribution in [2.45, 2.75) is 70.3 Å². The largest absolute Gasteiger partial charge is 0.408 e. The number of nitrogens with zero attached hydrogens (tertiary/aromatic N) is 3. The average Bonchev–Trinajstić information content (AvgIpc) is 3.49. The smallest absolute Gasteiger partial charge is 0.316 e. The molecule has 25 heavy (non-hydrogen) atoms. The number of hydrogen-bond donors (Lipinski definition) is 1. The highest BCUT2D eigenvalue weighted by Crippen LogP contribution is 2.54. The monoisotopic (exact) mass is 344 g/mol. The summed E-state index contributed by atoms with van der Waals surface area (Å²) in [6.07, 6.45) is 10.2. The topological polar surface area (TPSA) is 71.3 Å². The van der Waals surface area contributed by atoms with Crippen LogP contribution in [0.4, 0.5) is 6.01 Å².